The minimum absolute atomic E-state index is 0.226. The third kappa shape index (κ3) is 3.75. The Kier molecular flexibility index (Phi) is 5.15. The van der Waals surface area contributed by atoms with Crippen molar-refractivity contribution in [2.45, 2.75) is 13.3 Å². The Hall–Kier alpha value is -2.06. The molecule has 0 aromatic heterocycles. The van der Waals surface area contributed by atoms with Gasteiger partial charge in [0.25, 0.3) is 5.91 Å². The molecule has 2 N–H and O–H groups in total. The van der Waals surface area contributed by atoms with Crippen molar-refractivity contribution >= 4 is 29.1 Å². The summed E-state index contributed by atoms with van der Waals surface area (Å²) in [6.45, 7) is 2.32. The molecule has 0 unspecified atom stereocenters. The van der Waals surface area contributed by atoms with E-state index in [1.807, 2.05) is 6.92 Å². The molecule has 0 saturated heterocycles. The van der Waals surface area contributed by atoms with E-state index in [1.54, 1.807) is 12.1 Å². The quantitative estimate of drug-likeness (QED) is 0.873. The molecule has 1 aromatic carbocycles. The highest BCUT2D eigenvalue weighted by molar-refractivity contribution is 6.34. The second-order valence-electron chi connectivity index (χ2n) is 3.44. The Morgan fingerprint density at radius 1 is 1.44 bits per heavy atom. The number of carbonyl (C=O) groups is 2. The van der Waals surface area contributed by atoms with Gasteiger partial charge in [-0.1, -0.05) is 11.6 Å². The smallest absolute Gasteiger partial charge is 0.252 e. The zero-order chi connectivity index (χ0) is 13.5. The van der Waals surface area contributed by atoms with Crippen LogP contribution in [0.15, 0.2) is 18.2 Å². The third-order valence-corrected chi connectivity index (χ3v) is 2.39. The Labute approximate surface area is 110 Å². The van der Waals surface area contributed by atoms with Crippen molar-refractivity contribution in [3.05, 3.63) is 28.8 Å². The monoisotopic (exact) mass is 265 g/mol. The molecule has 6 heteroatoms. The number of amides is 2. The largest absolute Gasteiger partial charge is 0.352 e. The molecule has 0 aliphatic rings. The van der Waals surface area contributed by atoms with Crippen LogP contribution in [0.2, 0.25) is 5.02 Å². The topological polar surface area (TPSA) is 82.0 Å². The molecule has 0 aliphatic heterocycles. The van der Waals surface area contributed by atoms with E-state index in [0.717, 1.165) is 0 Å². The molecule has 0 atom stereocenters. The second kappa shape index (κ2) is 6.62. The van der Waals surface area contributed by atoms with Crippen LogP contribution in [-0.4, -0.2) is 18.4 Å². The van der Waals surface area contributed by atoms with Crippen molar-refractivity contribution in [1.29, 1.82) is 5.26 Å². The number of rotatable bonds is 4. The number of nitrogens with zero attached hydrogens (tertiary/aromatic N) is 1. The Morgan fingerprint density at radius 2 is 2.17 bits per heavy atom. The summed E-state index contributed by atoms with van der Waals surface area (Å²) in [4.78, 5) is 22.8. The van der Waals surface area contributed by atoms with Gasteiger partial charge in [0.05, 0.1) is 16.7 Å². The lowest BCUT2D eigenvalue weighted by molar-refractivity contribution is -0.115. The zero-order valence-electron chi connectivity index (χ0n) is 9.79. The minimum atomic E-state index is -0.417. The van der Waals surface area contributed by atoms with E-state index in [0.29, 0.717) is 17.8 Å². The summed E-state index contributed by atoms with van der Waals surface area (Å²) in [6.07, 6.45) is -0.226. The van der Waals surface area contributed by atoms with Gasteiger partial charge in [0, 0.05) is 12.2 Å². The van der Waals surface area contributed by atoms with Crippen molar-refractivity contribution in [3.8, 4) is 6.07 Å². The number of benzene rings is 1. The average Bonchev–Trinajstić information content (AvgIpc) is 2.29. The first-order chi connectivity index (χ1) is 8.58. The highest BCUT2D eigenvalue weighted by atomic mass is 35.5. The number of hydrogen-bond donors (Lipinski definition) is 2. The molecule has 18 heavy (non-hydrogen) atoms. The number of halogens is 1. The van der Waals surface area contributed by atoms with Gasteiger partial charge in [0.15, 0.2) is 0 Å². The molecule has 1 rings (SSSR count). The van der Waals surface area contributed by atoms with Crippen LogP contribution in [0.5, 0.6) is 0 Å². The van der Waals surface area contributed by atoms with E-state index in [9.17, 15) is 9.59 Å². The SMILES string of the molecule is CCNC(=O)c1ccc(NC(=O)CC#N)cc1Cl. The molecular formula is C12H12ClN3O2. The normalized spacial score (nSPS) is 9.39. The van der Waals surface area contributed by atoms with E-state index in [2.05, 4.69) is 10.6 Å². The summed E-state index contributed by atoms with van der Waals surface area (Å²) >= 11 is 5.94. The first-order valence-corrected chi connectivity index (χ1v) is 5.70. The van der Waals surface area contributed by atoms with Crippen LogP contribution in [0, 0.1) is 11.3 Å². The molecule has 0 heterocycles. The number of nitriles is 1. The van der Waals surface area contributed by atoms with Crippen LogP contribution >= 0.6 is 11.6 Å². The van der Waals surface area contributed by atoms with Gasteiger partial charge in [-0.3, -0.25) is 9.59 Å². The third-order valence-electron chi connectivity index (χ3n) is 2.07. The van der Waals surface area contributed by atoms with Crippen molar-refractivity contribution in [2.24, 2.45) is 0 Å². The Bertz CT molecular complexity index is 509. The van der Waals surface area contributed by atoms with Gasteiger partial charge in [-0.05, 0) is 25.1 Å². The van der Waals surface area contributed by atoms with E-state index < -0.39 is 5.91 Å². The van der Waals surface area contributed by atoms with Crippen molar-refractivity contribution in [3.63, 3.8) is 0 Å². The number of hydrogen-bond acceptors (Lipinski definition) is 3. The van der Waals surface area contributed by atoms with E-state index >= 15 is 0 Å². The molecular weight excluding hydrogens is 254 g/mol. The van der Waals surface area contributed by atoms with Crippen molar-refractivity contribution < 1.29 is 9.59 Å². The van der Waals surface area contributed by atoms with Gasteiger partial charge in [-0.15, -0.1) is 0 Å². The summed E-state index contributed by atoms with van der Waals surface area (Å²) in [5.74, 6) is -0.684. The highest BCUT2D eigenvalue weighted by Crippen LogP contribution is 2.21. The molecule has 0 radical (unpaired) electrons. The highest BCUT2D eigenvalue weighted by Gasteiger charge is 2.10. The predicted molar refractivity (Wildman–Crippen MR) is 68.3 cm³/mol. The Morgan fingerprint density at radius 3 is 2.72 bits per heavy atom. The van der Waals surface area contributed by atoms with Crippen molar-refractivity contribution in [2.75, 3.05) is 11.9 Å². The first kappa shape index (κ1) is 14.0. The van der Waals surface area contributed by atoms with Crippen LogP contribution in [0.1, 0.15) is 23.7 Å². The van der Waals surface area contributed by atoms with Crippen LogP contribution in [0.3, 0.4) is 0 Å². The fourth-order valence-corrected chi connectivity index (χ4v) is 1.58. The first-order valence-electron chi connectivity index (χ1n) is 5.33. The lowest BCUT2D eigenvalue weighted by atomic mass is 10.2. The van der Waals surface area contributed by atoms with E-state index in [1.165, 1.54) is 12.1 Å². The maximum atomic E-state index is 11.6. The average molecular weight is 266 g/mol. The molecule has 1 aromatic rings. The van der Waals surface area contributed by atoms with Crippen LogP contribution in [-0.2, 0) is 4.79 Å². The summed E-state index contributed by atoms with van der Waals surface area (Å²) in [7, 11) is 0. The maximum absolute atomic E-state index is 11.6. The van der Waals surface area contributed by atoms with Gasteiger partial charge >= 0.3 is 0 Å². The molecule has 2 amide bonds. The van der Waals surface area contributed by atoms with Gasteiger partial charge in [-0.25, -0.2) is 0 Å². The Balaban J connectivity index is 2.83. The molecule has 5 nitrogen and oxygen atoms in total. The zero-order valence-corrected chi connectivity index (χ0v) is 10.5. The molecule has 0 saturated carbocycles. The van der Waals surface area contributed by atoms with E-state index in [-0.39, 0.29) is 17.4 Å². The summed E-state index contributed by atoms with van der Waals surface area (Å²) < 4.78 is 0. The summed E-state index contributed by atoms with van der Waals surface area (Å²) in [5, 5.41) is 13.7. The van der Waals surface area contributed by atoms with E-state index in [4.69, 9.17) is 16.9 Å². The van der Waals surface area contributed by atoms with Gasteiger partial charge in [0.2, 0.25) is 5.91 Å². The maximum Gasteiger partial charge on any atom is 0.252 e. The van der Waals surface area contributed by atoms with Crippen LogP contribution < -0.4 is 10.6 Å². The molecule has 0 bridgehead atoms. The van der Waals surface area contributed by atoms with Gasteiger partial charge in [0.1, 0.15) is 6.42 Å². The molecule has 0 spiro atoms. The molecule has 94 valence electrons. The van der Waals surface area contributed by atoms with Crippen LogP contribution in [0.4, 0.5) is 5.69 Å². The predicted octanol–water partition coefficient (Wildman–Crippen LogP) is 1.94. The van der Waals surface area contributed by atoms with Crippen LogP contribution in [0.25, 0.3) is 0 Å². The lowest BCUT2D eigenvalue weighted by Crippen LogP contribution is -2.23. The number of nitrogens with one attached hydrogen (secondary N) is 2. The summed E-state index contributed by atoms with van der Waals surface area (Å²) in [5.41, 5.74) is 0.796. The van der Waals surface area contributed by atoms with Crippen molar-refractivity contribution in [1.82, 2.24) is 5.32 Å². The number of anilines is 1. The minimum Gasteiger partial charge on any atom is -0.352 e. The fraction of sp³-hybridized carbons (Fsp3) is 0.250. The molecule has 0 aliphatic carbocycles. The molecule has 0 fully saturated rings. The summed E-state index contributed by atoms with van der Waals surface area (Å²) in [6, 6.07) is 6.30. The van der Waals surface area contributed by atoms with Gasteiger partial charge in [-0.2, -0.15) is 5.26 Å². The fourth-order valence-electron chi connectivity index (χ4n) is 1.31. The lowest BCUT2D eigenvalue weighted by Gasteiger charge is -2.07. The second-order valence-corrected chi connectivity index (χ2v) is 3.84. The standard InChI is InChI=1S/C12H12ClN3O2/c1-2-15-12(18)9-4-3-8(7-10(9)13)16-11(17)5-6-14/h3-4,7H,2,5H2,1H3,(H,15,18)(H,16,17). The van der Waals surface area contributed by atoms with Gasteiger partial charge < -0.3 is 10.6 Å². The number of carbonyl (C=O) groups excluding carboxylic acids is 2.